The van der Waals surface area contributed by atoms with Gasteiger partial charge in [-0.05, 0) is 62.2 Å². The lowest BCUT2D eigenvalue weighted by Gasteiger charge is -2.31. The first kappa shape index (κ1) is 24.0. The molecule has 2 N–H and O–H groups in total. The second-order valence-corrected chi connectivity index (χ2v) is 11.2. The van der Waals surface area contributed by atoms with Crippen LogP contribution in [0.3, 0.4) is 0 Å². The van der Waals surface area contributed by atoms with E-state index in [0.29, 0.717) is 37.4 Å². The highest BCUT2D eigenvalue weighted by molar-refractivity contribution is 7.92. The maximum atomic E-state index is 12.8. The molecule has 174 valence electrons. The van der Waals surface area contributed by atoms with Crippen LogP contribution in [0.1, 0.15) is 30.1 Å². The van der Waals surface area contributed by atoms with Crippen LogP contribution < -0.4 is 14.8 Å². The third-order valence-electron chi connectivity index (χ3n) is 5.01. The molecule has 1 heterocycles. The van der Waals surface area contributed by atoms with Gasteiger partial charge in [-0.25, -0.2) is 21.1 Å². The summed E-state index contributed by atoms with van der Waals surface area (Å²) in [5, 5.41) is 2.81. The van der Waals surface area contributed by atoms with Crippen LogP contribution in [0.4, 0.5) is 5.69 Å². The number of anilines is 1. The molecule has 0 aromatic heterocycles. The minimum absolute atomic E-state index is 0.0551. The van der Waals surface area contributed by atoms with Crippen molar-refractivity contribution in [2.75, 3.05) is 30.7 Å². The molecule has 2 aromatic carbocycles. The van der Waals surface area contributed by atoms with Gasteiger partial charge in [-0.15, -0.1) is 0 Å². The average molecular weight is 482 g/mol. The number of sulfonamides is 2. The molecule has 1 amide bonds. The van der Waals surface area contributed by atoms with Gasteiger partial charge in [0.05, 0.1) is 17.8 Å². The number of nitrogens with one attached hydrogen (secondary N) is 2. The summed E-state index contributed by atoms with van der Waals surface area (Å²) in [4.78, 5) is 12.6. The van der Waals surface area contributed by atoms with Crippen molar-refractivity contribution in [3.8, 4) is 5.75 Å². The normalized spacial score (nSPS) is 17.5. The van der Waals surface area contributed by atoms with E-state index in [1.165, 1.54) is 28.6 Å². The van der Waals surface area contributed by atoms with Crippen molar-refractivity contribution in [3.05, 3.63) is 54.1 Å². The minimum Gasteiger partial charge on any atom is -0.494 e. The maximum absolute atomic E-state index is 12.8. The van der Waals surface area contributed by atoms with Crippen molar-refractivity contribution >= 4 is 31.6 Å². The van der Waals surface area contributed by atoms with Crippen molar-refractivity contribution in [1.29, 1.82) is 0 Å². The zero-order chi connectivity index (χ0) is 23.4. The molecular formula is C21H27N3O6S2. The number of hydrogen-bond donors (Lipinski definition) is 2. The van der Waals surface area contributed by atoms with E-state index in [1.54, 1.807) is 24.3 Å². The summed E-state index contributed by atoms with van der Waals surface area (Å²) in [7, 11) is -7.25. The Balaban J connectivity index is 1.70. The molecule has 0 saturated carbocycles. The van der Waals surface area contributed by atoms with E-state index >= 15 is 0 Å². The fourth-order valence-electron chi connectivity index (χ4n) is 3.43. The van der Waals surface area contributed by atoms with Crippen LogP contribution in [0.5, 0.6) is 5.75 Å². The zero-order valence-corrected chi connectivity index (χ0v) is 19.6. The first-order valence-electron chi connectivity index (χ1n) is 10.2. The number of carbonyl (C=O) groups is 1. The van der Waals surface area contributed by atoms with Crippen LogP contribution >= 0.6 is 0 Å². The molecule has 3 rings (SSSR count). The molecule has 1 unspecified atom stereocenters. The second kappa shape index (κ2) is 9.88. The lowest BCUT2D eigenvalue weighted by Crippen LogP contribution is -2.49. The van der Waals surface area contributed by atoms with Crippen LogP contribution in [0, 0.1) is 0 Å². The smallest absolute Gasteiger partial charge is 0.261 e. The molecule has 0 bridgehead atoms. The number of hydrogen-bond acceptors (Lipinski definition) is 6. The Morgan fingerprint density at radius 3 is 2.50 bits per heavy atom. The Bertz CT molecular complexity index is 1160. The first-order valence-corrected chi connectivity index (χ1v) is 13.5. The van der Waals surface area contributed by atoms with Gasteiger partial charge < -0.3 is 10.1 Å². The van der Waals surface area contributed by atoms with Crippen LogP contribution in [0.15, 0.2) is 53.4 Å². The molecule has 9 nitrogen and oxygen atoms in total. The van der Waals surface area contributed by atoms with Crippen LogP contribution in [0.2, 0.25) is 0 Å². The molecule has 1 fully saturated rings. The molecule has 32 heavy (non-hydrogen) atoms. The lowest BCUT2D eigenvalue weighted by atomic mass is 10.1. The molecular weight excluding hydrogens is 454 g/mol. The summed E-state index contributed by atoms with van der Waals surface area (Å²) in [6, 6.07) is 11.9. The summed E-state index contributed by atoms with van der Waals surface area (Å²) in [5.41, 5.74) is 0.544. The highest BCUT2D eigenvalue weighted by Gasteiger charge is 2.27. The standard InChI is InChI=1S/C21H27N3O6S2/c1-3-30-19-11-9-17(10-12-19)23-32(28,29)20-8-4-6-16(14-20)21(25)22-18-7-5-13-24(15-18)31(2,26)27/h4,6,8-12,14,18,23H,3,5,7,13,15H2,1-2H3,(H,22,25). The summed E-state index contributed by atoms with van der Waals surface area (Å²) in [5.74, 6) is 0.176. The van der Waals surface area contributed by atoms with Gasteiger partial charge in [0, 0.05) is 30.4 Å². The number of ether oxygens (including phenoxy) is 1. The van der Waals surface area contributed by atoms with Crippen LogP contribution in [-0.4, -0.2) is 59.0 Å². The maximum Gasteiger partial charge on any atom is 0.261 e. The predicted octanol–water partition coefficient (Wildman–Crippen LogP) is 2.04. The van der Waals surface area contributed by atoms with Crippen molar-refractivity contribution in [2.24, 2.45) is 0 Å². The van der Waals surface area contributed by atoms with E-state index in [0.717, 1.165) is 6.26 Å². The van der Waals surface area contributed by atoms with Crippen molar-refractivity contribution in [2.45, 2.75) is 30.7 Å². The molecule has 1 aliphatic rings. The molecule has 0 spiro atoms. The van der Waals surface area contributed by atoms with Gasteiger partial charge in [0.15, 0.2) is 0 Å². The SMILES string of the molecule is CCOc1ccc(NS(=O)(=O)c2cccc(C(=O)NC3CCCN(S(C)(=O)=O)C3)c2)cc1. The topological polar surface area (TPSA) is 122 Å². The summed E-state index contributed by atoms with van der Waals surface area (Å²) < 4.78 is 58.3. The Labute approximate surface area is 188 Å². The first-order chi connectivity index (χ1) is 15.1. The number of piperidine rings is 1. The van der Waals surface area contributed by atoms with Gasteiger partial charge in [-0.3, -0.25) is 9.52 Å². The zero-order valence-electron chi connectivity index (χ0n) is 17.9. The van der Waals surface area contributed by atoms with Gasteiger partial charge in [-0.1, -0.05) is 6.07 Å². The lowest BCUT2D eigenvalue weighted by molar-refractivity contribution is 0.0921. The molecule has 2 aromatic rings. The summed E-state index contributed by atoms with van der Waals surface area (Å²) in [6.45, 7) is 2.99. The van der Waals surface area contributed by atoms with Gasteiger partial charge in [0.2, 0.25) is 10.0 Å². The Hall–Kier alpha value is -2.63. The molecule has 1 atom stereocenters. The quantitative estimate of drug-likeness (QED) is 0.595. The number of carbonyl (C=O) groups excluding carboxylic acids is 1. The summed E-state index contributed by atoms with van der Waals surface area (Å²) in [6.07, 6.45) is 2.43. The van der Waals surface area contributed by atoms with Crippen LogP contribution in [0.25, 0.3) is 0 Å². The fraction of sp³-hybridized carbons (Fsp3) is 0.381. The van der Waals surface area contributed by atoms with E-state index in [1.807, 2.05) is 6.92 Å². The van der Waals surface area contributed by atoms with Gasteiger partial charge in [0.25, 0.3) is 15.9 Å². The minimum atomic E-state index is -3.91. The monoisotopic (exact) mass is 481 g/mol. The van der Waals surface area contributed by atoms with E-state index in [-0.39, 0.29) is 23.0 Å². The van der Waals surface area contributed by atoms with Gasteiger partial charge >= 0.3 is 0 Å². The molecule has 1 aliphatic heterocycles. The average Bonchev–Trinajstić information content (AvgIpc) is 2.75. The largest absolute Gasteiger partial charge is 0.494 e. The highest BCUT2D eigenvalue weighted by Crippen LogP contribution is 2.21. The molecule has 1 saturated heterocycles. The van der Waals surface area contributed by atoms with Crippen LogP contribution in [-0.2, 0) is 20.0 Å². The molecule has 0 radical (unpaired) electrons. The Morgan fingerprint density at radius 2 is 1.84 bits per heavy atom. The highest BCUT2D eigenvalue weighted by atomic mass is 32.2. The van der Waals surface area contributed by atoms with E-state index in [2.05, 4.69) is 10.0 Å². The predicted molar refractivity (Wildman–Crippen MR) is 122 cm³/mol. The molecule has 11 heteroatoms. The van der Waals surface area contributed by atoms with E-state index in [9.17, 15) is 21.6 Å². The van der Waals surface area contributed by atoms with E-state index < -0.39 is 26.0 Å². The number of nitrogens with zero attached hydrogens (tertiary/aromatic N) is 1. The Morgan fingerprint density at radius 1 is 1.12 bits per heavy atom. The fourth-order valence-corrected chi connectivity index (χ4v) is 5.45. The third kappa shape index (κ3) is 6.21. The third-order valence-corrected chi connectivity index (χ3v) is 7.66. The van der Waals surface area contributed by atoms with Gasteiger partial charge in [-0.2, -0.15) is 0 Å². The van der Waals surface area contributed by atoms with Crippen molar-refractivity contribution in [3.63, 3.8) is 0 Å². The second-order valence-electron chi connectivity index (χ2n) is 7.52. The Kier molecular flexibility index (Phi) is 7.42. The van der Waals surface area contributed by atoms with E-state index in [4.69, 9.17) is 4.74 Å². The molecule has 0 aliphatic carbocycles. The van der Waals surface area contributed by atoms with Crippen molar-refractivity contribution < 1.29 is 26.4 Å². The number of benzene rings is 2. The number of amides is 1. The van der Waals surface area contributed by atoms with Gasteiger partial charge in [0.1, 0.15) is 5.75 Å². The number of rotatable bonds is 8. The summed E-state index contributed by atoms with van der Waals surface area (Å²) >= 11 is 0. The van der Waals surface area contributed by atoms with Crippen molar-refractivity contribution in [1.82, 2.24) is 9.62 Å².